The molecule has 5 aromatic rings. The van der Waals surface area contributed by atoms with Crippen LogP contribution in [0.4, 0.5) is 24.8 Å². The Morgan fingerprint density at radius 3 is 2.53 bits per heavy atom. The molecule has 0 aliphatic heterocycles. The molecule has 172 valence electrons. The first-order valence-corrected chi connectivity index (χ1v) is 10.3. The lowest BCUT2D eigenvalue weighted by Gasteiger charge is -2.24. The van der Waals surface area contributed by atoms with Crippen LogP contribution >= 0.6 is 0 Å². The minimum absolute atomic E-state index is 0.149. The maximum Gasteiger partial charge on any atom is 0.491 e. The van der Waals surface area contributed by atoms with Gasteiger partial charge in [-0.3, -0.25) is 4.68 Å². The van der Waals surface area contributed by atoms with Crippen molar-refractivity contribution >= 4 is 17.3 Å². The van der Waals surface area contributed by atoms with Crippen LogP contribution in [0.15, 0.2) is 85.5 Å². The second-order valence-corrected chi connectivity index (χ2v) is 7.21. The number of fused-ring (bicyclic) bond motifs is 1. The lowest BCUT2D eigenvalue weighted by molar-refractivity contribution is -0.121. The van der Waals surface area contributed by atoms with Gasteiger partial charge in [0.05, 0.1) is 18.4 Å². The maximum atomic E-state index is 14.0. The van der Waals surface area contributed by atoms with Crippen LogP contribution in [0.25, 0.3) is 16.9 Å². The van der Waals surface area contributed by atoms with Crippen LogP contribution in [-0.4, -0.2) is 42.3 Å². The average molecular weight is 465 g/mol. The van der Waals surface area contributed by atoms with E-state index < -0.39 is 6.30 Å². The van der Waals surface area contributed by atoms with Crippen LogP contribution in [0, 0.1) is 0 Å². The number of ether oxygens (including phenoxy) is 1. The molecule has 0 saturated carbocycles. The van der Waals surface area contributed by atoms with Crippen LogP contribution in [0.3, 0.4) is 0 Å². The first kappa shape index (κ1) is 21.4. The molecule has 8 nitrogen and oxygen atoms in total. The highest BCUT2D eigenvalue weighted by molar-refractivity contribution is 5.69. The summed E-state index contributed by atoms with van der Waals surface area (Å²) >= 11 is 0. The Bertz CT molecular complexity index is 1390. The van der Waals surface area contributed by atoms with Crippen molar-refractivity contribution in [1.29, 1.82) is 0 Å². The lowest BCUT2D eigenvalue weighted by atomic mass is 10.1. The molecule has 5 rings (SSSR count). The molecule has 0 aliphatic carbocycles. The Balaban J connectivity index is 1.51. The summed E-state index contributed by atoms with van der Waals surface area (Å²) in [6.45, 7) is 0.906. The van der Waals surface area contributed by atoms with Crippen molar-refractivity contribution in [3.8, 4) is 17.0 Å². The number of imidazole rings is 1. The van der Waals surface area contributed by atoms with Crippen molar-refractivity contribution in [1.82, 2.24) is 29.4 Å². The molecule has 0 saturated heterocycles. The molecule has 0 unspecified atom stereocenters. The predicted octanol–water partition coefficient (Wildman–Crippen LogP) is 4.72. The van der Waals surface area contributed by atoms with Crippen molar-refractivity contribution in [3.63, 3.8) is 0 Å². The monoisotopic (exact) mass is 465 g/mol. The van der Waals surface area contributed by atoms with Gasteiger partial charge in [0.2, 0.25) is 0 Å². The third-order valence-electron chi connectivity index (χ3n) is 5.01. The number of aromatic nitrogens is 6. The quantitative estimate of drug-likeness (QED) is 0.324. The Labute approximate surface area is 191 Å². The second-order valence-electron chi connectivity index (χ2n) is 7.21. The fourth-order valence-electron chi connectivity index (χ4n) is 3.51. The van der Waals surface area contributed by atoms with E-state index >= 15 is 0 Å². The number of halogens is 3. The first-order chi connectivity index (χ1) is 16.5. The number of nitrogens with zero attached hydrogens (tertiary/aromatic N) is 7. The minimum atomic E-state index is -4.74. The van der Waals surface area contributed by atoms with E-state index in [0.717, 1.165) is 10.7 Å². The molecule has 0 radical (unpaired) electrons. The molecule has 1 aromatic carbocycles. The molecule has 0 fully saturated rings. The number of para-hydroxylation sites is 1. The summed E-state index contributed by atoms with van der Waals surface area (Å²) in [5.41, 5.74) is 1.34. The summed E-state index contributed by atoms with van der Waals surface area (Å²) in [6.07, 6.45) is 1.20. The third kappa shape index (κ3) is 4.27. The fourth-order valence-corrected chi connectivity index (χ4v) is 3.51. The van der Waals surface area contributed by atoms with Gasteiger partial charge in [-0.25, -0.2) is 14.9 Å². The van der Waals surface area contributed by atoms with E-state index in [-0.39, 0.29) is 22.2 Å². The van der Waals surface area contributed by atoms with E-state index in [1.807, 2.05) is 24.4 Å². The summed E-state index contributed by atoms with van der Waals surface area (Å²) in [5, 5.41) is 8.61. The standard InChI is InChI=1S/C23H18F3N7O/c24-23(25,26)32(20-8-3-4-11-27-20)22-16-28-21-10-9-18(30-33(21)22)17-6-1-2-7-19(17)34-15-14-31-13-5-12-29-31/h1-13,16H,14-15H2. The van der Waals surface area contributed by atoms with Gasteiger partial charge in [0.15, 0.2) is 11.5 Å². The molecule has 0 amide bonds. The number of hydrogen-bond donors (Lipinski definition) is 0. The summed E-state index contributed by atoms with van der Waals surface area (Å²) in [7, 11) is 0. The minimum Gasteiger partial charge on any atom is -0.491 e. The highest BCUT2D eigenvalue weighted by Crippen LogP contribution is 2.36. The second kappa shape index (κ2) is 8.85. The van der Waals surface area contributed by atoms with Crippen LogP contribution in [0.2, 0.25) is 0 Å². The van der Waals surface area contributed by atoms with E-state index in [9.17, 15) is 13.2 Å². The number of hydrogen-bond acceptors (Lipinski definition) is 6. The van der Waals surface area contributed by atoms with Crippen LogP contribution in [0.5, 0.6) is 5.75 Å². The molecule has 4 aromatic heterocycles. The van der Waals surface area contributed by atoms with Gasteiger partial charge in [0.1, 0.15) is 18.2 Å². The maximum absolute atomic E-state index is 14.0. The smallest absolute Gasteiger partial charge is 0.491 e. The van der Waals surface area contributed by atoms with Gasteiger partial charge in [-0.2, -0.15) is 14.7 Å². The van der Waals surface area contributed by atoms with Crippen molar-refractivity contribution in [2.75, 3.05) is 11.5 Å². The van der Waals surface area contributed by atoms with E-state index in [4.69, 9.17) is 4.74 Å². The zero-order valence-electron chi connectivity index (χ0n) is 17.7. The summed E-state index contributed by atoms with van der Waals surface area (Å²) in [4.78, 5) is 8.12. The van der Waals surface area contributed by atoms with Gasteiger partial charge in [-0.1, -0.05) is 18.2 Å². The van der Waals surface area contributed by atoms with Gasteiger partial charge < -0.3 is 4.74 Å². The van der Waals surface area contributed by atoms with Crippen molar-refractivity contribution in [3.05, 3.63) is 85.5 Å². The SMILES string of the molecule is FC(F)(F)N(c1ccccn1)c1cnc2ccc(-c3ccccc3OCCn3cccn3)nn12. The van der Waals surface area contributed by atoms with Crippen molar-refractivity contribution < 1.29 is 17.9 Å². The van der Waals surface area contributed by atoms with Crippen molar-refractivity contribution in [2.24, 2.45) is 0 Å². The summed E-state index contributed by atoms with van der Waals surface area (Å²) in [6, 6.07) is 16.7. The van der Waals surface area contributed by atoms with Gasteiger partial charge in [-0.05, 0) is 42.5 Å². The number of anilines is 2. The van der Waals surface area contributed by atoms with Gasteiger partial charge in [0.25, 0.3) is 0 Å². The summed E-state index contributed by atoms with van der Waals surface area (Å²) in [5.74, 6) is -0.00735. The predicted molar refractivity (Wildman–Crippen MR) is 119 cm³/mol. The Morgan fingerprint density at radius 1 is 0.912 bits per heavy atom. The largest absolute Gasteiger partial charge is 0.491 e. The first-order valence-electron chi connectivity index (χ1n) is 10.3. The molecular weight excluding hydrogens is 447 g/mol. The highest BCUT2D eigenvalue weighted by atomic mass is 19.4. The van der Waals surface area contributed by atoms with Crippen molar-refractivity contribution in [2.45, 2.75) is 12.8 Å². The molecule has 34 heavy (non-hydrogen) atoms. The van der Waals surface area contributed by atoms with Gasteiger partial charge in [-0.15, -0.1) is 13.2 Å². The normalized spacial score (nSPS) is 11.6. The number of rotatable bonds is 7. The zero-order chi connectivity index (χ0) is 23.5. The van der Waals surface area contributed by atoms with Gasteiger partial charge in [0, 0.05) is 24.2 Å². The molecule has 0 N–H and O–H groups in total. The molecule has 0 aliphatic rings. The molecule has 0 bridgehead atoms. The molecular formula is C23H18F3N7O. The Hall–Kier alpha value is -4.41. The fraction of sp³-hybridized carbons (Fsp3) is 0.130. The van der Waals surface area contributed by atoms with E-state index in [2.05, 4.69) is 20.2 Å². The molecule has 0 spiro atoms. The van der Waals surface area contributed by atoms with E-state index in [1.165, 1.54) is 18.3 Å². The van der Waals surface area contributed by atoms with Crippen LogP contribution < -0.4 is 9.64 Å². The van der Waals surface area contributed by atoms with E-state index in [0.29, 0.717) is 30.2 Å². The van der Waals surface area contributed by atoms with Crippen LogP contribution in [0.1, 0.15) is 0 Å². The zero-order valence-corrected chi connectivity index (χ0v) is 17.7. The third-order valence-corrected chi connectivity index (χ3v) is 5.01. The average Bonchev–Trinajstić information content (AvgIpc) is 3.50. The van der Waals surface area contributed by atoms with E-state index in [1.54, 1.807) is 41.2 Å². The lowest BCUT2D eigenvalue weighted by Crippen LogP contribution is -2.35. The molecule has 0 atom stereocenters. The number of alkyl halides is 3. The molecule has 11 heteroatoms. The number of benzene rings is 1. The Morgan fingerprint density at radius 2 is 1.76 bits per heavy atom. The highest BCUT2D eigenvalue weighted by Gasteiger charge is 2.41. The van der Waals surface area contributed by atoms with Crippen LogP contribution in [-0.2, 0) is 6.54 Å². The topological polar surface area (TPSA) is 73.4 Å². The van der Waals surface area contributed by atoms with Gasteiger partial charge >= 0.3 is 6.30 Å². The number of pyridine rings is 1. The Kier molecular flexibility index (Phi) is 5.58. The molecule has 4 heterocycles. The summed E-state index contributed by atoms with van der Waals surface area (Å²) < 4.78 is 50.9.